The average Bonchev–Trinajstić information content (AvgIpc) is 2.49. The lowest BCUT2D eigenvalue weighted by Crippen LogP contribution is -2.49. The number of nitrogens with one attached hydrogen (secondary N) is 1. The van der Waals surface area contributed by atoms with Crippen molar-refractivity contribution in [1.82, 2.24) is 5.43 Å². The number of methoxy groups -OCH3 is 1. The zero-order valence-electron chi connectivity index (χ0n) is 12.6. The van der Waals surface area contributed by atoms with E-state index >= 15 is 0 Å². The van der Waals surface area contributed by atoms with Crippen LogP contribution in [-0.2, 0) is 4.74 Å². The maximum atomic E-state index is 5.84. The maximum Gasteiger partial charge on any atom is 0.0765 e. The Morgan fingerprint density at radius 2 is 1.58 bits per heavy atom. The Bertz CT molecular complexity index is 235. The topological polar surface area (TPSA) is 47.3 Å². The first-order valence-corrected chi connectivity index (χ1v) is 8.34. The fourth-order valence-corrected chi connectivity index (χ4v) is 4.23. The molecule has 0 bridgehead atoms. The van der Waals surface area contributed by atoms with Gasteiger partial charge in [-0.15, -0.1) is 0 Å². The molecule has 19 heavy (non-hydrogen) atoms. The minimum absolute atomic E-state index is 0.312. The fourth-order valence-electron chi connectivity index (χ4n) is 4.23. The molecule has 2 aliphatic carbocycles. The first-order valence-electron chi connectivity index (χ1n) is 8.34. The van der Waals surface area contributed by atoms with E-state index in [1.807, 2.05) is 7.11 Å². The third-order valence-corrected chi connectivity index (χ3v) is 5.31. The Hall–Kier alpha value is -0.120. The molecule has 2 rings (SSSR count). The molecule has 0 aliphatic heterocycles. The van der Waals surface area contributed by atoms with E-state index in [2.05, 4.69) is 5.43 Å². The summed E-state index contributed by atoms with van der Waals surface area (Å²) in [5.74, 6) is 7.41. The van der Waals surface area contributed by atoms with Crippen molar-refractivity contribution in [3.63, 3.8) is 0 Å². The Labute approximate surface area is 118 Å². The quantitative estimate of drug-likeness (QED) is 0.573. The summed E-state index contributed by atoms with van der Waals surface area (Å²) in [6, 6.07) is 0.344. The average molecular weight is 268 g/mol. The molecule has 3 heteroatoms. The lowest BCUT2D eigenvalue weighted by molar-refractivity contribution is 0.000555. The Balaban J connectivity index is 1.88. The van der Waals surface area contributed by atoms with E-state index in [1.54, 1.807) is 0 Å². The zero-order valence-corrected chi connectivity index (χ0v) is 12.6. The number of ether oxygens (including phenoxy) is 1. The van der Waals surface area contributed by atoms with Crippen molar-refractivity contribution in [3.8, 4) is 0 Å². The molecule has 0 saturated heterocycles. The van der Waals surface area contributed by atoms with Crippen molar-refractivity contribution in [2.45, 2.75) is 82.8 Å². The highest BCUT2D eigenvalue weighted by Crippen LogP contribution is 2.33. The standard InChI is InChI=1S/C16H32N2O/c1-19-16(14-10-6-3-7-11-14)15(18-17)12-13-8-4-2-5-9-13/h13-16,18H,2-12,17H2,1H3. The van der Waals surface area contributed by atoms with E-state index in [0.29, 0.717) is 18.1 Å². The minimum atomic E-state index is 0.312. The van der Waals surface area contributed by atoms with Crippen molar-refractivity contribution >= 4 is 0 Å². The fraction of sp³-hybridized carbons (Fsp3) is 1.00. The molecule has 0 aromatic heterocycles. The van der Waals surface area contributed by atoms with Crippen LogP contribution < -0.4 is 11.3 Å². The summed E-state index contributed by atoms with van der Waals surface area (Å²) in [7, 11) is 1.87. The Kier molecular flexibility index (Phi) is 6.62. The van der Waals surface area contributed by atoms with Gasteiger partial charge in [0.05, 0.1) is 6.10 Å². The SMILES string of the molecule is COC(C1CCCCC1)C(CC1CCCCC1)NN. The summed E-state index contributed by atoms with van der Waals surface area (Å²) in [6.45, 7) is 0. The van der Waals surface area contributed by atoms with E-state index in [9.17, 15) is 0 Å². The Morgan fingerprint density at radius 1 is 1.00 bits per heavy atom. The predicted molar refractivity (Wildman–Crippen MR) is 79.7 cm³/mol. The smallest absolute Gasteiger partial charge is 0.0765 e. The molecule has 0 heterocycles. The monoisotopic (exact) mass is 268 g/mol. The van der Waals surface area contributed by atoms with Crippen molar-refractivity contribution in [1.29, 1.82) is 0 Å². The van der Waals surface area contributed by atoms with Gasteiger partial charge in [-0.05, 0) is 31.1 Å². The molecule has 2 saturated carbocycles. The molecule has 112 valence electrons. The predicted octanol–water partition coefficient (Wildman–Crippen LogP) is 3.38. The van der Waals surface area contributed by atoms with Gasteiger partial charge >= 0.3 is 0 Å². The Morgan fingerprint density at radius 3 is 2.11 bits per heavy atom. The summed E-state index contributed by atoms with van der Waals surface area (Å²) in [4.78, 5) is 0. The van der Waals surface area contributed by atoms with Gasteiger partial charge in [0.15, 0.2) is 0 Å². The highest BCUT2D eigenvalue weighted by molar-refractivity contribution is 4.86. The van der Waals surface area contributed by atoms with Crippen LogP contribution in [0.1, 0.15) is 70.6 Å². The van der Waals surface area contributed by atoms with Gasteiger partial charge in [-0.2, -0.15) is 0 Å². The molecule has 2 unspecified atom stereocenters. The second kappa shape index (κ2) is 8.23. The van der Waals surface area contributed by atoms with Crippen LogP contribution in [0, 0.1) is 11.8 Å². The molecular formula is C16H32N2O. The number of rotatable bonds is 6. The molecule has 3 N–H and O–H groups in total. The molecule has 2 fully saturated rings. The van der Waals surface area contributed by atoms with Crippen LogP contribution in [-0.4, -0.2) is 19.3 Å². The first kappa shape index (κ1) is 15.3. The molecule has 0 aromatic carbocycles. The van der Waals surface area contributed by atoms with Crippen molar-refractivity contribution in [3.05, 3.63) is 0 Å². The van der Waals surface area contributed by atoms with E-state index < -0.39 is 0 Å². The highest BCUT2D eigenvalue weighted by Gasteiger charge is 2.31. The van der Waals surface area contributed by atoms with Gasteiger partial charge in [-0.25, -0.2) is 0 Å². The largest absolute Gasteiger partial charge is 0.379 e. The van der Waals surface area contributed by atoms with Gasteiger partial charge in [-0.3, -0.25) is 11.3 Å². The molecule has 3 nitrogen and oxygen atoms in total. The minimum Gasteiger partial charge on any atom is -0.379 e. The van der Waals surface area contributed by atoms with Crippen LogP contribution >= 0.6 is 0 Å². The van der Waals surface area contributed by atoms with Crippen LogP contribution in [0.25, 0.3) is 0 Å². The van der Waals surface area contributed by atoms with Gasteiger partial charge in [-0.1, -0.05) is 51.4 Å². The number of hydrogen-bond acceptors (Lipinski definition) is 3. The molecular weight excluding hydrogens is 236 g/mol. The summed E-state index contributed by atoms with van der Waals surface area (Å²) in [5.41, 5.74) is 3.07. The van der Waals surface area contributed by atoms with Crippen LogP contribution in [0.2, 0.25) is 0 Å². The second-order valence-electron chi connectivity index (χ2n) is 6.61. The van der Waals surface area contributed by atoms with Crippen molar-refractivity contribution < 1.29 is 4.74 Å². The number of nitrogens with two attached hydrogens (primary N) is 1. The lowest BCUT2D eigenvalue weighted by atomic mass is 9.78. The first-order chi connectivity index (χ1) is 9.35. The van der Waals surface area contributed by atoms with Crippen LogP contribution in [0.15, 0.2) is 0 Å². The highest BCUT2D eigenvalue weighted by atomic mass is 16.5. The van der Waals surface area contributed by atoms with E-state index in [0.717, 1.165) is 5.92 Å². The summed E-state index contributed by atoms with van der Waals surface area (Å²) >= 11 is 0. The number of hydrazine groups is 1. The van der Waals surface area contributed by atoms with Crippen LogP contribution in [0.5, 0.6) is 0 Å². The maximum absolute atomic E-state index is 5.84. The summed E-state index contributed by atoms with van der Waals surface area (Å²) < 4.78 is 5.84. The number of hydrogen-bond donors (Lipinski definition) is 2. The molecule has 2 atom stereocenters. The van der Waals surface area contributed by atoms with Gasteiger partial charge in [0.25, 0.3) is 0 Å². The van der Waals surface area contributed by atoms with Gasteiger partial charge in [0.1, 0.15) is 0 Å². The molecule has 0 aromatic rings. The van der Waals surface area contributed by atoms with Crippen molar-refractivity contribution in [2.75, 3.05) is 7.11 Å². The summed E-state index contributed by atoms with van der Waals surface area (Å²) in [5, 5.41) is 0. The van der Waals surface area contributed by atoms with Gasteiger partial charge in [0.2, 0.25) is 0 Å². The normalized spacial score (nSPS) is 26.2. The molecule has 0 amide bonds. The zero-order chi connectivity index (χ0) is 13.5. The summed E-state index contributed by atoms with van der Waals surface area (Å²) in [6.07, 6.45) is 15.3. The molecule has 0 radical (unpaired) electrons. The van der Waals surface area contributed by atoms with E-state index in [4.69, 9.17) is 10.6 Å². The lowest BCUT2D eigenvalue weighted by Gasteiger charge is -2.36. The van der Waals surface area contributed by atoms with Crippen LogP contribution in [0.4, 0.5) is 0 Å². The van der Waals surface area contributed by atoms with Gasteiger partial charge < -0.3 is 4.74 Å². The van der Waals surface area contributed by atoms with Gasteiger partial charge in [0, 0.05) is 13.2 Å². The van der Waals surface area contributed by atoms with E-state index in [1.165, 1.54) is 70.6 Å². The van der Waals surface area contributed by atoms with Crippen molar-refractivity contribution in [2.24, 2.45) is 17.7 Å². The molecule has 0 spiro atoms. The van der Waals surface area contributed by atoms with Crippen LogP contribution in [0.3, 0.4) is 0 Å². The van der Waals surface area contributed by atoms with E-state index in [-0.39, 0.29) is 0 Å². The molecule has 2 aliphatic rings. The third-order valence-electron chi connectivity index (χ3n) is 5.31. The second-order valence-corrected chi connectivity index (χ2v) is 6.61. The third kappa shape index (κ3) is 4.44.